The summed E-state index contributed by atoms with van der Waals surface area (Å²) in [4.78, 5) is 0. The van der Waals surface area contributed by atoms with E-state index in [1.165, 1.54) is 0 Å². The topological polar surface area (TPSA) is 52.0 Å². The first-order chi connectivity index (χ1) is 7.83. The monoisotopic (exact) mass is 226 g/mol. The Kier molecular flexibility index (Phi) is 6.03. The van der Waals surface area contributed by atoms with Crippen LogP contribution in [0.2, 0.25) is 0 Å². The van der Waals surface area contributed by atoms with Crippen LogP contribution >= 0.6 is 0 Å². The molecule has 5 heteroatoms. The molecule has 0 amide bonds. The van der Waals surface area contributed by atoms with Crippen LogP contribution < -0.4 is 5.32 Å². The lowest BCUT2D eigenvalue weighted by atomic mass is 10.2. The Labute approximate surface area is 97.2 Å². The summed E-state index contributed by atoms with van der Waals surface area (Å²) in [5.74, 6) is 0. The van der Waals surface area contributed by atoms with Crippen molar-refractivity contribution < 1.29 is 4.74 Å². The Morgan fingerprint density at radius 3 is 2.88 bits per heavy atom. The van der Waals surface area contributed by atoms with Crippen LogP contribution in [0.5, 0.6) is 0 Å². The van der Waals surface area contributed by atoms with E-state index in [2.05, 4.69) is 29.5 Å². The van der Waals surface area contributed by atoms with Crippen LogP contribution in [0.15, 0.2) is 6.20 Å². The second kappa shape index (κ2) is 7.35. The predicted octanol–water partition coefficient (Wildman–Crippen LogP) is 1.38. The number of hydrogen-bond donors (Lipinski definition) is 1. The maximum Gasteiger partial charge on any atom is 0.0780 e. The molecule has 1 unspecified atom stereocenters. The van der Waals surface area contributed by atoms with Crippen molar-refractivity contribution in [2.24, 2.45) is 0 Å². The number of nitrogens with one attached hydrogen (secondary N) is 1. The zero-order valence-corrected chi connectivity index (χ0v) is 10.4. The Morgan fingerprint density at radius 2 is 2.25 bits per heavy atom. The van der Waals surface area contributed by atoms with E-state index in [0.29, 0.717) is 6.61 Å². The molecule has 0 radical (unpaired) electrons. The summed E-state index contributed by atoms with van der Waals surface area (Å²) < 4.78 is 7.18. The SMILES string of the molecule is CCCNC(COC)c1cnnn1CCC. The summed E-state index contributed by atoms with van der Waals surface area (Å²) in [6.07, 6.45) is 3.99. The number of hydrogen-bond acceptors (Lipinski definition) is 4. The highest BCUT2D eigenvalue weighted by Crippen LogP contribution is 2.12. The van der Waals surface area contributed by atoms with Crippen molar-refractivity contribution in [3.05, 3.63) is 11.9 Å². The van der Waals surface area contributed by atoms with E-state index in [9.17, 15) is 0 Å². The summed E-state index contributed by atoms with van der Waals surface area (Å²) in [7, 11) is 1.72. The van der Waals surface area contributed by atoms with Gasteiger partial charge in [0.1, 0.15) is 0 Å². The maximum atomic E-state index is 5.23. The number of ether oxygens (including phenoxy) is 1. The van der Waals surface area contributed by atoms with Crippen LogP contribution in [0.1, 0.15) is 38.4 Å². The summed E-state index contributed by atoms with van der Waals surface area (Å²) in [5.41, 5.74) is 1.11. The Bertz CT molecular complexity index is 287. The van der Waals surface area contributed by atoms with Gasteiger partial charge in [0.05, 0.1) is 24.5 Å². The minimum atomic E-state index is 0.187. The van der Waals surface area contributed by atoms with Gasteiger partial charge in [-0.05, 0) is 19.4 Å². The highest BCUT2D eigenvalue weighted by Gasteiger charge is 2.15. The molecule has 5 nitrogen and oxygen atoms in total. The van der Waals surface area contributed by atoms with Gasteiger partial charge in [0, 0.05) is 13.7 Å². The fourth-order valence-electron chi connectivity index (χ4n) is 1.66. The lowest BCUT2D eigenvalue weighted by molar-refractivity contribution is 0.163. The van der Waals surface area contributed by atoms with Crippen molar-refractivity contribution in [2.75, 3.05) is 20.3 Å². The summed E-state index contributed by atoms with van der Waals surface area (Å²) >= 11 is 0. The van der Waals surface area contributed by atoms with Crippen molar-refractivity contribution in [3.63, 3.8) is 0 Å². The van der Waals surface area contributed by atoms with Crippen LogP contribution in [0.25, 0.3) is 0 Å². The van der Waals surface area contributed by atoms with Crippen molar-refractivity contribution in [1.29, 1.82) is 0 Å². The standard InChI is InChI=1S/C11H22N4O/c1-4-6-12-10(9-16-3)11-8-13-14-15(11)7-5-2/h8,10,12H,4-7,9H2,1-3H3. The highest BCUT2D eigenvalue weighted by molar-refractivity contribution is 5.02. The molecule has 1 heterocycles. The summed E-state index contributed by atoms with van der Waals surface area (Å²) in [6, 6.07) is 0.187. The zero-order valence-electron chi connectivity index (χ0n) is 10.4. The van der Waals surface area contributed by atoms with E-state index >= 15 is 0 Å². The molecule has 0 aliphatic heterocycles. The van der Waals surface area contributed by atoms with Crippen LogP contribution in [0.3, 0.4) is 0 Å². The van der Waals surface area contributed by atoms with Crippen molar-refractivity contribution >= 4 is 0 Å². The second-order valence-electron chi connectivity index (χ2n) is 3.84. The lowest BCUT2D eigenvalue weighted by Crippen LogP contribution is -2.28. The van der Waals surface area contributed by atoms with Crippen LogP contribution in [0.4, 0.5) is 0 Å². The van der Waals surface area contributed by atoms with Crippen LogP contribution in [-0.4, -0.2) is 35.3 Å². The van der Waals surface area contributed by atoms with E-state index in [-0.39, 0.29) is 6.04 Å². The van der Waals surface area contributed by atoms with Gasteiger partial charge in [0.25, 0.3) is 0 Å². The molecule has 0 bridgehead atoms. The number of aromatic nitrogens is 3. The van der Waals surface area contributed by atoms with E-state index in [4.69, 9.17) is 4.74 Å². The van der Waals surface area contributed by atoms with E-state index in [1.807, 2.05) is 10.9 Å². The van der Waals surface area contributed by atoms with E-state index in [0.717, 1.165) is 31.6 Å². The molecule has 1 aromatic heterocycles. The molecule has 92 valence electrons. The molecule has 0 fully saturated rings. The number of nitrogens with zero attached hydrogens (tertiary/aromatic N) is 3. The van der Waals surface area contributed by atoms with Crippen molar-refractivity contribution in [2.45, 2.75) is 39.3 Å². The van der Waals surface area contributed by atoms with Gasteiger partial charge in [-0.25, -0.2) is 4.68 Å². The number of methoxy groups -OCH3 is 1. The lowest BCUT2D eigenvalue weighted by Gasteiger charge is -2.18. The fraction of sp³-hybridized carbons (Fsp3) is 0.818. The van der Waals surface area contributed by atoms with Gasteiger partial charge in [0.15, 0.2) is 0 Å². The molecule has 0 aliphatic rings. The molecule has 0 saturated carbocycles. The summed E-state index contributed by atoms with van der Waals surface area (Å²) in [5, 5.41) is 11.5. The first-order valence-electron chi connectivity index (χ1n) is 5.94. The molecule has 1 aromatic rings. The largest absolute Gasteiger partial charge is 0.383 e. The average molecular weight is 226 g/mol. The maximum absolute atomic E-state index is 5.23. The third-order valence-electron chi connectivity index (χ3n) is 2.41. The molecular formula is C11H22N4O. The number of aryl methyl sites for hydroxylation is 1. The van der Waals surface area contributed by atoms with Crippen molar-refractivity contribution in [3.8, 4) is 0 Å². The van der Waals surface area contributed by atoms with Gasteiger partial charge in [-0.2, -0.15) is 0 Å². The molecular weight excluding hydrogens is 204 g/mol. The van der Waals surface area contributed by atoms with Gasteiger partial charge in [-0.3, -0.25) is 0 Å². The van der Waals surface area contributed by atoms with E-state index in [1.54, 1.807) is 7.11 Å². The molecule has 16 heavy (non-hydrogen) atoms. The highest BCUT2D eigenvalue weighted by atomic mass is 16.5. The Balaban J connectivity index is 2.70. The fourth-order valence-corrected chi connectivity index (χ4v) is 1.66. The number of rotatable bonds is 8. The van der Waals surface area contributed by atoms with Gasteiger partial charge in [-0.15, -0.1) is 5.10 Å². The van der Waals surface area contributed by atoms with Crippen molar-refractivity contribution in [1.82, 2.24) is 20.3 Å². The minimum absolute atomic E-state index is 0.187. The predicted molar refractivity (Wildman–Crippen MR) is 63.2 cm³/mol. The quantitative estimate of drug-likeness (QED) is 0.727. The first-order valence-corrected chi connectivity index (χ1v) is 5.94. The van der Waals surface area contributed by atoms with Gasteiger partial charge < -0.3 is 10.1 Å². The average Bonchev–Trinajstić information content (AvgIpc) is 2.73. The first kappa shape index (κ1) is 13.1. The van der Waals surface area contributed by atoms with Crippen LogP contribution in [-0.2, 0) is 11.3 Å². The van der Waals surface area contributed by atoms with Crippen LogP contribution in [0, 0.1) is 0 Å². The molecule has 0 saturated heterocycles. The van der Waals surface area contributed by atoms with Gasteiger partial charge >= 0.3 is 0 Å². The molecule has 1 rings (SSSR count). The smallest absolute Gasteiger partial charge is 0.0780 e. The third-order valence-corrected chi connectivity index (χ3v) is 2.41. The normalized spacial score (nSPS) is 12.9. The molecule has 1 N–H and O–H groups in total. The molecule has 0 aliphatic carbocycles. The Hall–Kier alpha value is -0.940. The third kappa shape index (κ3) is 3.57. The van der Waals surface area contributed by atoms with E-state index < -0.39 is 0 Å². The summed E-state index contributed by atoms with van der Waals surface area (Å²) in [6.45, 7) is 6.82. The molecule has 0 aromatic carbocycles. The molecule has 0 spiro atoms. The molecule has 1 atom stereocenters. The van der Waals surface area contributed by atoms with Gasteiger partial charge in [-0.1, -0.05) is 19.1 Å². The zero-order chi connectivity index (χ0) is 11.8. The van der Waals surface area contributed by atoms with Gasteiger partial charge in [0.2, 0.25) is 0 Å². The second-order valence-corrected chi connectivity index (χ2v) is 3.84. The Morgan fingerprint density at radius 1 is 1.44 bits per heavy atom. The minimum Gasteiger partial charge on any atom is -0.383 e.